The Kier molecular flexibility index (Phi) is 6.86. The normalized spacial score (nSPS) is 12.4. The molecule has 17 heavy (non-hydrogen) atoms. The molecular weight excluding hydrogens is 278 g/mol. The van der Waals surface area contributed by atoms with Gasteiger partial charge in [0, 0.05) is 13.7 Å². The molecule has 5 nitrogen and oxygen atoms in total. The molecule has 1 aromatic heterocycles. The summed E-state index contributed by atoms with van der Waals surface area (Å²) in [6, 6.07) is 0. The largest absolute Gasteiger partial charge is 0.383 e. The lowest BCUT2D eigenvalue weighted by Crippen LogP contribution is -2.33. The van der Waals surface area contributed by atoms with Crippen LogP contribution < -0.4 is 5.32 Å². The number of methoxy groups -OCH3 is 1. The Hall–Kier alpha value is -0.310. The second-order valence-electron chi connectivity index (χ2n) is 3.08. The highest BCUT2D eigenvalue weighted by Crippen LogP contribution is 2.29. The molecule has 0 unspecified atom stereocenters. The molecule has 8 heteroatoms. The van der Waals surface area contributed by atoms with E-state index in [-0.39, 0.29) is 11.2 Å². The Morgan fingerprint density at radius 3 is 2.82 bits per heavy atom. The third-order valence-corrected chi connectivity index (χ3v) is 4.90. The summed E-state index contributed by atoms with van der Waals surface area (Å²) in [4.78, 5) is 11.7. The molecule has 1 heterocycles. The van der Waals surface area contributed by atoms with E-state index in [0.717, 1.165) is 8.68 Å². The van der Waals surface area contributed by atoms with Gasteiger partial charge in [-0.2, -0.15) is 0 Å². The lowest BCUT2D eigenvalue weighted by atomic mass is 10.4. The number of rotatable bonds is 7. The van der Waals surface area contributed by atoms with Gasteiger partial charge < -0.3 is 10.1 Å². The van der Waals surface area contributed by atoms with Crippen LogP contribution in [0.15, 0.2) is 8.68 Å². The van der Waals surface area contributed by atoms with Gasteiger partial charge in [0.05, 0.1) is 11.9 Å². The molecule has 0 saturated heterocycles. The average molecular weight is 293 g/mol. The van der Waals surface area contributed by atoms with Crippen LogP contribution >= 0.6 is 34.9 Å². The van der Waals surface area contributed by atoms with Crippen molar-refractivity contribution in [2.75, 3.05) is 26.5 Å². The van der Waals surface area contributed by atoms with Crippen LogP contribution in [-0.2, 0) is 9.53 Å². The minimum absolute atomic E-state index is 0.00653. The summed E-state index contributed by atoms with van der Waals surface area (Å²) >= 11 is 4.49. The number of hydrogen-bond donors (Lipinski definition) is 1. The van der Waals surface area contributed by atoms with Crippen LogP contribution in [0.5, 0.6) is 0 Å². The summed E-state index contributed by atoms with van der Waals surface area (Å²) in [5.41, 5.74) is 0. The number of aromatic nitrogens is 2. The summed E-state index contributed by atoms with van der Waals surface area (Å²) in [5.74, 6) is -0.00653. The first-order valence-corrected chi connectivity index (χ1v) is 7.90. The van der Waals surface area contributed by atoms with E-state index in [1.165, 1.54) is 23.1 Å². The van der Waals surface area contributed by atoms with E-state index in [1.807, 2.05) is 13.2 Å². The summed E-state index contributed by atoms with van der Waals surface area (Å²) in [7, 11) is 1.61. The van der Waals surface area contributed by atoms with Gasteiger partial charge in [0.1, 0.15) is 0 Å². The number of nitrogens with one attached hydrogen (secondary N) is 1. The van der Waals surface area contributed by atoms with Crippen LogP contribution in [0.2, 0.25) is 0 Å². The summed E-state index contributed by atoms with van der Waals surface area (Å²) in [6.07, 6.45) is 1.95. The SMILES string of the molecule is COCCNC(=O)[C@@H](C)Sc1nnc(SC)s1. The van der Waals surface area contributed by atoms with Crippen LogP contribution in [0.25, 0.3) is 0 Å². The maximum absolute atomic E-state index is 11.7. The number of carbonyl (C=O) groups is 1. The van der Waals surface area contributed by atoms with E-state index in [4.69, 9.17) is 4.74 Å². The molecule has 1 rings (SSSR count). The van der Waals surface area contributed by atoms with E-state index in [1.54, 1.807) is 18.9 Å². The van der Waals surface area contributed by atoms with Crippen molar-refractivity contribution >= 4 is 40.8 Å². The molecule has 1 N–H and O–H groups in total. The molecule has 0 radical (unpaired) electrons. The van der Waals surface area contributed by atoms with Crippen LogP contribution in [-0.4, -0.2) is 47.9 Å². The Morgan fingerprint density at radius 1 is 1.53 bits per heavy atom. The molecule has 0 fully saturated rings. The lowest BCUT2D eigenvalue weighted by molar-refractivity contribution is -0.120. The zero-order valence-electron chi connectivity index (χ0n) is 9.93. The third kappa shape index (κ3) is 5.24. The summed E-state index contributed by atoms with van der Waals surface area (Å²) < 4.78 is 6.60. The molecule has 96 valence electrons. The second kappa shape index (κ2) is 7.91. The number of nitrogens with zero attached hydrogens (tertiary/aromatic N) is 2. The second-order valence-corrected chi connectivity index (χ2v) is 6.70. The average Bonchev–Trinajstić information content (AvgIpc) is 2.77. The highest BCUT2D eigenvalue weighted by atomic mass is 32.2. The zero-order valence-corrected chi connectivity index (χ0v) is 12.4. The van der Waals surface area contributed by atoms with Crippen molar-refractivity contribution in [1.82, 2.24) is 15.5 Å². The maximum atomic E-state index is 11.7. The molecular formula is C9H15N3O2S3. The highest BCUT2D eigenvalue weighted by molar-refractivity contribution is 8.03. The Morgan fingerprint density at radius 2 is 2.24 bits per heavy atom. The monoisotopic (exact) mass is 293 g/mol. The molecule has 0 aromatic carbocycles. The predicted octanol–water partition coefficient (Wildman–Crippen LogP) is 1.50. The fourth-order valence-electron chi connectivity index (χ4n) is 0.952. The van der Waals surface area contributed by atoms with E-state index in [2.05, 4.69) is 15.5 Å². The van der Waals surface area contributed by atoms with Crippen LogP contribution in [0.1, 0.15) is 6.92 Å². The standard InChI is InChI=1S/C9H15N3O2S3/c1-6(7(13)10-4-5-14-2)16-9-12-11-8(15-3)17-9/h6H,4-5H2,1-3H3,(H,10,13)/t6-/m1/s1. The van der Waals surface area contributed by atoms with Crippen molar-refractivity contribution < 1.29 is 9.53 Å². The first-order chi connectivity index (χ1) is 8.17. The van der Waals surface area contributed by atoms with Gasteiger partial charge in [-0.05, 0) is 13.2 Å². The van der Waals surface area contributed by atoms with Crippen molar-refractivity contribution in [3.63, 3.8) is 0 Å². The smallest absolute Gasteiger partial charge is 0.233 e. The van der Waals surface area contributed by atoms with Crippen molar-refractivity contribution in [1.29, 1.82) is 0 Å². The van der Waals surface area contributed by atoms with Gasteiger partial charge in [-0.25, -0.2) is 0 Å². The van der Waals surface area contributed by atoms with Gasteiger partial charge in [0.15, 0.2) is 8.68 Å². The van der Waals surface area contributed by atoms with Crippen LogP contribution in [0.4, 0.5) is 0 Å². The fraction of sp³-hybridized carbons (Fsp3) is 0.667. The molecule has 0 aliphatic rings. The molecule has 1 atom stereocenters. The summed E-state index contributed by atoms with van der Waals surface area (Å²) in [5, 5.41) is 10.6. The Balaban J connectivity index is 2.37. The van der Waals surface area contributed by atoms with Crippen LogP contribution in [0, 0.1) is 0 Å². The fourth-order valence-corrected chi connectivity index (χ4v) is 3.56. The molecule has 0 bridgehead atoms. The van der Waals surface area contributed by atoms with Crippen molar-refractivity contribution in [3.8, 4) is 0 Å². The molecule has 1 aromatic rings. The Bertz CT molecular complexity index is 359. The van der Waals surface area contributed by atoms with Crippen molar-refractivity contribution in [2.45, 2.75) is 20.9 Å². The molecule has 0 aliphatic carbocycles. The van der Waals surface area contributed by atoms with E-state index in [9.17, 15) is 4.79 Å². The van der Waals surface area contributed by atoms with E-state index >= 15 is 0 Å². The van der Waals surface area contributed by atoms with Gasteiger partial charge in [-0.3, -0.25) is 4.79 Å². The zero-order chi connectivity index (χ0) is 12.7. The third-order valence-electron chi connectivity index (χ3n) is 1.81. The molecule has 0 saturated carbocycles. The Labute approximate surface area is 113 Å². The predicted molar refractivity (Wildman–Crippen MR) is 71.9 cm³/mol. The highest BCUT2D eigenvalue weighted by Gasteiger charge is 2.16. The molecule has 0 aliphatic heterocycles. The number of hydrogen-bond acceptors (Lipinski definition) is 7. The van der Waals surface area contributed by atoms with E-state index < -0.39 is 0 Å². The van der Waals surface area contributed by atoms with E-state index in [0.29, 0.717) is 13.2 Å². The summed E-state index contributed by atoms with van der Waals surface area (Å²) in [6.45, 7) is 2.91. The molecule has 0 spiro atoms. The first-order valence-electron chi connectivity index (χ1n) is 4.98. The van der Waals surface area contributed by atoms with Crippen LogP contribution in [0.3, 0.4) is 0 Å². The van der Waals surface area contributed by atoms with Gasteiger partial charge in [-0.15, -0.1) is 10.2 Å². The maximum Gasteiger partial charge on any atom is 0.233 e. The van der Waals surface area contributed by atoms with Gasteiger partial charge >= 0.3 is 0 Å². The minimum atomic E-state index is -0.172. The van der Waals surface area contributed by atoms with Gasteiger partial charge in [-0.1, -0.05) is 34.9 Å². The first kappa shape index (κ1) is 14.7. The van der Waals surface area contributed by atoms with Gasteiger partial charge in [0.25, 0.3) is 0 Å². The van der Waals surface area contributed by atoms with Crippen molar-refractivity contribution in [2.24, 2.45) is 0 Å². The van der Waals surface area contributed by atoms with Crippen molar-refractivity contribution in [3.05, 3.63) is 0 Å². The lowest BCUT2D eigenvalue weighted by Gasteiger charge is -2.09. The number of ether oxygens (including phenoxy) is 1. The number of carbonyl (C=O) groups excluding carboxylic acids is 1. The minimum Gasteiger partial charge on any atom is -0.383 e. The van der Waals surface area contributed by atoms with Gasteiger partial charge in [0.2, 0.25) is 5.91 Å². The quantitative estimate of drug-likeness (QED) is 0.607. The number of thioether (sulfide) groups is 2. The topological polar surface area (TPSA) is 64.1 Å². The molecule has 1 amide bonds. The number of amides is 1.